The van der Waals surface area contributed by atoms with Gasteiger partial charge in [-0.2, -0.15) is 5.10 Å². The minimum Gasteiger partial charge on any atom is -0.494 e. The summed E-state index contributed by atoms with van der Waals surface area (Å²) in [5.41, 5.74) is 6.60. The molecule has 0 saturated carbocycles. The van der Waals surface area contributed by atoms with Gasteiger partial charge in [-0.05, 0) is 69.3 Å². The van der Waals surface area contributed by atoms with Crippen LogP contribution < -0.4 is 15.5 Å². The summed E-state index contributed by atoms with van der Waals surface area (Å²) in [6, 6.07) is 16.7. The van der Waals surface area contributed by atoms with E-state index in [2.05, 4.69) is 36.3 Å². The number of aryl methyl sites for hydroxylation is 1. The molecule has 1 heterocycles. The summed E-state index contributed by atoms with van der Waals surface area (Å²) in [7, 11) is 0. The number of benzene rings is 2. The monoisotopic (exact) mass is 482 g/mol. The summed E-state index contributed by atoms with van der Waals surface area (Å²) in [4.78, 5) is 24.1. The van der Waals surface area contributed by atoms with Crippen LogP contribution in [0.3, 0.4) is 0 Å². The summed E-state index contributed by atoms with van der Waals surface area (Å²) in [6.45, 7) is 6.40. The van der Waals surface area contributed by atoms with Crippen molar-refractivity contribution < 1.29 is 14.3 Å². The highest BCUT2D eigenvalue weighted by molar-refractivity contribution is 9.10. The number of carbonyl (C=O) groups is 2. The van der Waals surface area contributed by atoms with Gasteiger partial charge in [-0.3, -0.25) is 9.59 Å². The van der Waals surface area contributed by atoms with Crippen molar-refractivity contribution in [2.75, 3.05) is 11.9 Å². The molecule has 0 aliphatic heterocycles. The van der Waals surface area contributed by atoms with Gasteiger partial charge in [-0.1, -0.05) is 22.0 Å². The summed E-state index contributed by atoms with van der Waals surface area (Å²) < 4.78 is 8.42. The van der Waals surface area contributed by atoms with Crippen LogP contribution in [-0.4, -0.2) is 29.2 Å². The van der Waals surface area contributed by atoms with Crippen LogP contribution in [0.25, 0.3) is 5.69 Å². The van der Waals surface area contributed by atoms with Crippen LogP contribution in [0.2, 0.25) is 0 Å². The lowest BCUT2D eigenvalue weighted by molar-refractivity contribution is -0.136. The van der Waals surface area contributed by atoms with Gasteiger partial charge in [-0.25, -0.2) is 5.43 Å². The third-order valence-corrected chi connectivity index (χ3v) is 5.03. The SMILES string of the molecule is CCOc1ccc(NC(=O)C(=O)N/N=C\c2cc(C)n(-c3cccc(Br)c3)c2C)cc1. The Balaban J connectivity index is 1.63. The number of anilines is 1. The van der Waals surface area contributed by atoms with E-state index in [1.165, 1.54) is 6.21 Å². The maximum absolute atomic E-state index is 12.1. The molecule has 31 heavy (non-hydrogen) atoms. The number of ether oxygens (including phenoxy) is 1. The fourth-order valence-electron chi connectivity index (χ4n) is 3.13. The fraction of sp³-hybridized carbons (Fsp3) is 0.174. The Morgan fingerprint density at radius 2 is 1.84 bits per heavy atom. The number of hydrazone groups is 1. The predicted octanol–water partition coefficient (Wildman–Crippen LogP) is 4.34. The standard InChI is InChI=1S/C23H23BrN4O3/c1-4-31-21-10-8-19(9-11-21)26-22(29)23(30)27-25-14-17-12-15(2)28(16(17)3)20-7-5-6-18(24)13-20/h5-14H,4H2,1-3H3,(H,26,29)(H,27,30)/b25-14-. The fourth-order valence-corrected chi connectivity index (χ4v) is 3.52. The second kappa shape index (κ2) is 10.1. The van der Waals surface area contributed by atoms with Crippen LogP contribution in [0.15, 0.2) is 64.2 Å². The average Bonchev–Trinajstić information content (AvgIpc) is 3.02. The molecule has 0 aliphatic carbocycles. The van der Waals surface area contributed by atoms with E-state index >= 15 is 0 Å². The second-order valence-corrected chi connectivity index (χ2v) is 7.67. The number of hydrogen-bond donors (Lipinski definition) is 2. The van der Waals surface area contributed by atoms with E-state index in [0.29, 0.717) is 18.0 Å². The Morgan fingerprint density at radius 1 is 1.10 bits per heavy atom. The molecule has 0 unspecified atom stereocenters. The zero-order valence-corrected chi connectivity index (χ0v) is 19.1. The van der Waals surface area contributed by atoms with Gasteiger partial charge in [0, 0.05) is 32.8 Å². The normalized spacial score (nSPS) is 10.8. The highest BCUT2D eigenvalue weighted by atomic mass is 79.9. The zero-order chi connectivity index (χ0) is 22.4. The number of amides is 2. The van der Waals surface area contributed by atoms with E-state index in [-0.39, 0.29) is 0 Å². The number of rotatable bonds is 6. The van der Waals surface area contributed by atoms with Gasteiger partial charge in [-0.15, -0.1) is 0 Å². The lowest BCUT2D eigenvalue weighted by Gasteiger charge is -2.09. The minimum absolute atomic E-state index is 0.491. The second-order valence-electron chi connectivity index (χ2n) is 6.75. The molecule has 0 spiro atoms. The first-order valence-corrected chi connectivity index (χ1v) is 10.5. The van der Waals surface area contributed by atoms with Crippen molar-refractivity contribution in [2.24, 2.45) is 5.10 Å². The number of nitrogens with zero attached hydrogens (tertiary/aromatic N) is 2. The Kier molecular flexibility index (Phi) is 7.25. The highest BCUT2D eigenvalue weighted by Crippen LogP contribution is 2.22. The van der Waals surface area contributed by atoms with Gasteiger partial charge in [0.1, 0.15) is 5.75 Å². The van der Waals surface area contributed by atoms with Crippen LogP contribution in [0, 0.1) is 13.8 Å². The Morgan fingerprint density at radius 3 is 2.52 bits per heavy atom. The molecule has 3 rings (SSSR count). The number of aromatic nitrogens is 1. The van der Waals surface area contributed by atoms with E-state index in [1.54, 1.807) is 24.3 Å². The third-order valence-electron chi connectivity index (χ3n) is 4.54. The third kappa shape index (κ3) is 5.61. The van der Waals surface area contributed by atoms with Crippen molar-refractivity contribution in [3.8, 4) is 11.4 Å². The van der Waals surface area contributed by atoms with Gasteiger partial charge in [0.25, 0.3) is 0 Å². The molecule has 2 amide bonds. The van der Waals surface area contributed by atoms with Gasteiger partial charge >= 0.3 is 11.8 Å². The highest BCUT2D eigenvalue weighted by Gasteiger charge is 2.14. The zero-order valence-electron chi connectivity index (χ0n) is 17.5. The lowest BCUT2D eigenvalue weighted by atomic mass is 10.2. The van der Waals surface area contributed by atoms with E-state index in [1.807, 2.05) is 51.1 Å². The molecule has 3 aromatic rings. The van der Waals surface area contributed by atoms with E-state index in [9.17, 15) is 9.59 Å². The molecule has 7 nitrogen and oxygen atoms in total. The predicted molar refractivity (Wildman–Crippen MR) is 125 cm³/mol. The van der Waals surface area contributed by atoms with Gasteiger partial charge < -0.3 is 14.6 Å². The van der Waals surface area contributed by atoms with Crippen LogP contribution in [-0.2, 0) is 9.59 Å². The topological polar surface area (TPSA) is 84.7 Å². The first-order chi connectivity index (χ1) is 14.9. The minimum atomic E-state index is -0.856. The molecule has 160 valence electrons. The van der Waals surface area contributed by atoms with Crippen molar-refractivity contribution in [3.05, 3.63) is 76.0 Å². The first-order valence-electron chi connectivity index (χ1n) is 9.71. The van der Waals surface area contributed by atoms with E-state index in [0.717, 1.165) is 27.1 Å². The Labute approximate surface area is 189 Å². The van der Waals surface area contributed by atoms with Gasteiger partial charge in [0.2, 0.25) is 0 Å². The number of hydrogen-bond acceptors (Lipinski definition) is 4. The van der Waals surface area contributed by atoms with Gasteiger partial charge in [0.15, 0.2) is 0 Å². The Bertz CT molecular complexity index is 1120. The van der Waals surface area contributed by atoms with Crippen molar-refractivity contribution in [3.63, 3.8) is 0 Å². The number of carbonyl (C=O) groups excluding carboxylic acids is 2. The van der Waals surface area contributed by atoms with Crippen molar-refractivity contribution in [1.29, 1.82) is 0 Å². The van der Waals surface area contributed by atoms with Crippen LogP contribution in [0.4, 0.5) is 5.69 Å². The molecule has 0 radical (unpaired) electrons. The van der Waals surface area contributed by atoms with Crippen molar-refractivity contribution in [2.45, 2.75) is 20.8 Å². The molecule has 2 N–H and O–H groups in total. The Hall–Kier alpha value is -3.39. The molecule has 0 atom stereocenters. The summed E-state index contributed by atoms with van der Waals surface area (Å²) in [5, 5.41) is 6.46. The first kappa shape index (κ1) is 22.3. The molecule has 8 heteroatoms. The molecule has 2 aromatic carbocycles. The molecular formula is C23H23BrN4O3. The van der Waals surface area contributed by atoms with Crippen molar-refractivity contribution in [1.82, 2.24) is 9.99 Å². The molecule has 0 aliphatic rings. The molecule has 0 saturated heterocycles. The summed E-state index contributed by atoms with van der Waals surface area (Å²) >= 11 is 3.49. The largest absolute Gasteiger partial charge is 0.494 e. The number of halogens is 1. The van der Waals surface area contributed by atoms with Crippen LogP contribution in [0.5, 0.6) is 5.75 Å². The van der Waals surface area contributed by atoms with E-state index < -0.39 is 11.8 Å². The van der Waals surface area contributed by atoms with Gasteiger partial charge in [0.05, 0.1) is 12.8 Å². The van der Waals surface area contributed by atoms with Crippen LogP contribution >= 0.6 is 15.9 Å². The quantitative estimate of drug-likeness (QED) is 0.311. The summed E-state index contributed by atoms with van der Waals surface area (Å²) in [5.74, 6) is -0.970. The maximum atomic E-state index is 12.1. The van der Waals surface area contributed by atoms with E-state index in [4.69, 9.17) is 4.74 Å². The molecule has 0 bridgehead atoms. The smallest absolute Gasteiger partial charge is 0.329 e. The van der Waals surface area contributed by atoms with Crippen LogP contribution in [0.1, 0.15) is 23.9 Å². The summed E-state index contributed by atoms with van der Waals surface area (Å²) in [6.07, 6.45) is 1.53. The number of nitrogens with one attached hydrogen (secondary N) is 2. The maximum Gasteiger partial charge on any atom is 0.329 e. The average molecular weight is 483 g/mol. The molecular weight excluding hydrogens is 460 g/mol. The molecule has 0 fully saturated rings. The lowest BCUT2D eigenvalue weighted by Crippen LogP contribution is -2.32. The van der Waals surface area contributed by atoms with Crippen molar-refractivity contribution >= 4 is 39.6 Å². The molecule has 1 aromatic heterocycles.